The van der Waals surface area contributed by atoms with Gasteiger partial charge in [0, 0.05) is 0 Å². The molecule has 6 heteroatoms. The van der Waals surface area contributed by atoms with E-state index >= 15 is 0 Å². The molecular formula is C13H18N4O2. The third-order valence-electron chi connectivity index (χ3n) is 3.11. The van der Waals surface area contributed by atoms with E-state index in [9.17, 15) is 10.1 Å². The van der Waals surface area contributed by atoms with E-state index in [-0.39, 0.29) is 5.84 Å². The van der Waals surface area contributed by atoms with Crippen LogP contribution in [0.2, 0.25) is 0 Å². The monoisotopic (exact) mass is 262 g/mol. The van der Waals surface area contributed by atoms with Gasteiger partial charge in [0.05, 0.1) is 10.8 Å². The van der Waals surface area contributed by atoms with Crippen LogP contribution in [0.3, 0.4) is 0 Å². The number of nitrogens with zero attached hydrogens (tertiary/aromatic N) is 3. The van der Waals surface area contributed by atoms with Gasteiger partial charge in [0.1, 0.15) is 6.54 Å². The molecule has 1 fully saturated rings. The lowest BCUT2D eigenvalue weighted by atomic mass is 10.1. The topological polar surface area (TPSA) is 70.8 Å². The number of hydrazone groups is 1. The highest BCUT2D eigenvalue weighted by Crippen LogP contribution is 2.09. The lowest BCUT2D eigenvalue weighted by molar-refractivity contribution is -0.353. The Morgan fingerprint density at radius 1 is 1.26 bits per heavy atom. The smallest absolute Gasteiger partial charge is 0.358 e. The SMILES string of the molecule is O=[N+]([O-])C(CN1CCCCC1)=NNc1ccccc1. The molecule has 0 spiro atoms. The number of para-hydroxylation sites is 1. The van der Waals surface area contributed by atoms with Crippen molar-refractivity contribution >= 4 is 11.5 Å². The number of anilines is 1. The van der Waals surface area contributed by atoms with Crippen LogP contribution < -0.4 is 5.43 Å². The molecule has 1 saturated heterocycles. The Labute approximate surface area is 112 Å². The van der Waals surface area contributed by atoms with Gasteiger partial charge in [0.15, 0.2) is 0 Å². The summed E-state index contributed by atoms with van der Waals surface area (Å²) in [6.45, 7) is 2.13. The first-order valence-electron chi connectivity index (χ1n) is 6.50. The molecule has 0 atom stereocenters. The van der Waals surface area contributed by atoms with Crippen LogP contribution in [0.5, 0.6) is 0 Å². The average Bonchev–Trinajstić information content (AvgIpc) is 2.45. The first-order valence-corrected chi connectivity index (χ1v) is 6.50. The van der Waals surface area contributed by atoms with E-state index in [1.807, 2.05) is 30.3 Å². The number of hydrogen-bond acceptors (Lipinski definition) is 5. The number of amidine groups is 1. The number of likely N-dealkylation sites (tertiary alicyclic amines) is 1. The normalized spacial score (nSPS) is 17.2. The first kappa shape index (κ1) is 13.5. The summed E-state index contributed by atoms with van der Waals surface area (Å²) in [6.07, 6.45) is 3.43. The van der Waals surface area contributed by atoms with Crippen LogP contribution >= 0.6 is 0 Å². The predicted octanol–water partition coefficient (Wildman–Crippen LogP) is 2.17. The Kier molecular flexibility index (Phi) is 4.85. The molecule has 1 aromatic carbocycles. The van der Waals surface area contributed by atoms with Gasteiger partial charge < -0.3 is 10.1 Å². The van der Waals surface area contributed by atoms with Crippen LogP contribution in [-0.2, 0) is 0 Å². The summed E-state index contributed by atoms with van der Waals surface area (Å²) in [5.74, 6) is -0.0363. The second-order valence-electron chi connectivity index (χ2n) is 4.60. The molecule has 1 N–H and O–H groups in total. The van der Waals surface area contributed by atoms with Gasteiger partial charge in [-0.25, -0.2) is 0 Å². The van der Waals surface area contributed by atoms with Gasteiger partial charge in [-0.15, -0.1) is 0 Å². The minimum Gasteiger partial charge on any atom is -0.358 e. The maximum Gasteiger partial charge on any atom is 0.377 e. The molecule has 0 saturated carbocycles. The van der Waals surface area contributed by atoms with Crippen molar-refractivity contribution in [2.45, 2.75) is 19.3 Å². The maximum atomic E-state index is 11.0. The lowest BCUT2D eigenvalue weighted by Crippen LogP contribution is -2.37. The van der Waals surface area contributed by atoms with Gasteiger partial charge in [-0.2, -0.15) is 5.43 Å². The van der Waals surface area contributed by atoms with E-state index in [1.165, 1.54) is 6.42 Å². The zero-order valence-electron chi connectivity index (χ0n) is 10.8. The molecule has 0 bridgehead atoms. The first-order chi connectivity index (χ1) is 9.25. The van der Waals surface area contributed by atoms with E-state index < -0.39 is 4.92 Å². The molecule has 1 aliphatic rings. The van der Waals surface area contributed by atoms with Crippen molar-refractivity contribution in [1.29, 1.82) is 0 Å². The molecular weight excluding hydrogens is 244 g/mol. The highest BCUT2D eigenvalue weighted by atomic mass is 16.6. The average molecular weight is 262 g/mol. The van der Waals surface area contributed by atoms with E-state index in [2.05, 4.69) is 15.4 Å². The molecule has 102 valence electrons. The standard InChI is InChI=1S/C13H18N4O2/c18-17(19)13(11-16-9-5-2-6-10-16)15-14-12-7-3-1-4-8-12/h1,3-4,7-8,14H,2,5-6,9-11H2. The zero-order chi connectivity index (χ0) is 13.5. The van der Waals surface area contributed by atoms with Crippen molar-refractivity contribution in [3.8, 4) is 0 Å². The van der Waals surface area contributed by atoms with Gasteiger partial charge in [-0.3, -0.25) is 4.90 Å². The van der Waals surface area contributed by atoms with Gasteiger partial charge in [0.2, 0.25) is 0 Å². The van der Waals surface area contributed by atoms with Crippen LogP contribution in [0, 0.1) is 10.1 Å². The summed E-state index contributed by atoms with van der Waals surface area (Å²) in [6, 6.07) is 9.24. The minimum atomic E-state index is -0.412. The number of nitrogens with one attached hydrogen (secondary N) is 1. The summed E-state index contributed by atoms with van der Waals surface area (Å²) in [5.41, 5.74) is 3.49. The van der Waals surface area contributed by atoms with E-state index in [0.717, 1.165) is 31.6 Å². The van der Waals surface area contributed by atoms with Gasteiger partial charge in [0.25, 0.3) is 0 Å². The van der Waals surface area contributed by atoms with Crippen molar-refractivity contribution in [1.82, 2.24) is 4.90 Å². The van der Waals surface area contributed by atoms with Crippen molar-refractivity contribution in [2.75, 3.05) is 25.1 Å². The number of hydrogen-bond donors (Lipinski definition) is 1. The summed E-state index contributed by atoms with van der Waals surface area (Å²) in [4.78, 5) is 12.7. The minimum absolute atomic E-state index is 0.0363. The molecule has 0 aliphatic carbocycles. The highest BCUT2D eigenvalue weighted by Gasteiger charge is 2.20. The quantitative estimate of drug-likeness (QED) is 0.391. The van der Waals surface area contributed by atoms with Crippen LogP contribution in [0.15, 0.2) is 35.4 Å². The summed E-state index contributed by atoms with van der Waals surface area (Å²) >= 11 is 0. The van der Waals surface area contributed by atoms with Crippen molar-refractivity contribution < 1.29 is 4.92 Å². The third kappa shape index (κ3) is 4.33. The summed E-state index contributed by atoms with van der Waals surface area (Å²) in [7, 11) is 0. The van der Waals surface area contributed by atoms with Crippen molar-refractivity contribution in [2.24, 2.45) is 5.10 Å². The Bertz CT molecular complexity index is 441. The van der Waals surface area contributed by atoms with Gasteiger partial charge in [-0.05, 0) is 43.0 Å². The van der Waals surface area contributed by atoms with Gasteiger partial charge >= 0.3 is 5.84 Å². The zero-order valence-corrected chi connectivity index (χ0v) is 10.8. The molecule has 0 unspecified atom stereocenters. The predicted molar refractivity (Wildman–Crippen MR) is 74.8 cm³/mol. The summed E-state index contributed by atoms with van der Waals surface area (Å²) in [5, 5.41) is 14.9. The van der Waals surface area contributed by atoms with Crippen molar-refractivity contribution in [3.05, 3.63) is 40.4 Å². The fourth-order valence-corrected chi connectivity index (χ4v) is 2.09. The number of benzene rings is 1. The fourth-order valence-electron chi connectivity index (χ4n) is 2.09. The molecule has 2 rings (SSSR count). The number of piperidine rings is 1. The Balaban J connectivity index is 1.96. The van der Waals surface area contributed by atoms with Crippen molar-refractivity contribution in [3.63, 3.8) is 0 Å². The Morgan fingerprint density at radius 2 is 1.95 bits per heavy atom. The number of nitro groups is 1. The summed E-state index contributed by atoms with van der Waals surface area (Å²) < 4.78 is 0. The van der Waals surface area contributed by atoms with Gasteiger partial charge in [-0.1, -0.05) is 24.6 Å². The second-order valence-corrected chi connectivity index (χ2v) is 4.60. The second kappa shape index (κ2) is 6.84. The maximum absolute atomic E-state index is 11.0. The van der Waals surface area contributed by atoms with E-state index in [4.69, 9.17) is 0 Å². The molecule has 0 radical (unpaired) electrons. The largest absolute Gasteiger partial charge is 0.377 e. The molecule has 1 aromatic rings. The molecule has 6 nitrogen and oxygen atoms in total. The van der Waals surface area contributed by atoms with Crippen LogP contribution in [0.1, 0.15) is 19.3 Å². The van der Waals surface area contributed by atoms with Crippen LogP contribution in [0.25, 0.3) is 0 Å². The van der Waals surface area contributed by atoms with E-state index in [1.54, 1.807) is 0 Å². The molecule has 0 amide bonds. The number of rotatable bonds is 4. The molecule has 1 heterocycles. The lowest BCUT2D eigenvalue weighted by Gasteiger charge is -2.24. The fraction of sp³-hybridized carbons (Fsp3) is 0.462. The molecule has 0 aromatic heterocycles. The Morgan fingerprint density at radius 3 is 2.58 bits per heavy atom. The van der Waals surface area contributed by atoms with Crippen LogP contribution in [-0.4, -0.2) is 35.3 Å². The Hall–Kier alpha value is -1.95. The highest BCUT2D eigenvalue weighted by molar-refractivity contribution is 5.77. The molecule has 19 heavy (non-hydrogen) atoms. The third-order valence-corrected chi connectivity index (χ3v) is 3.11. The molecule has 1 aliphatic heterocycles. The van der Waals surface area contributed by atoms with E-state index in [0.29, 0.717) is 6.54 Å². The van der Waals surface area contributed by atoms with Crippen LogP contribution in [0.4, 0.5) is 5.69 Å².